The highest BCUT2D eigenvalue weighted by Gasteiger charge is 2.42. The molecular formula is C25H31N3O2. The Bertz CT molecular complexity index is 926. The fourth-order valence-electron chi connectivity index (χ4n) is 5.76. The second kappa shape index (κ2) is 8.01. The number of aromatic nitrogens is 2. The number of carbonyl (C=O) groups is 1. The number of rotatable bonds is 6. The lowest BCUT2D eigenvalue weighted by molar-refractivity contribution is -0.143. The van der Waals surface area contributed by atoms with Crippen LogP contribution < -0.4 is 5.32 Å². The normalized spacial score (nSPS) is 20.4. The molecule has 5 heteroatoms. The molecule has 30 heavy (non-hydrogen) atoms. The summed E-state index contributed by atoms with van der Waals surface area (Å²) in [5.41, 5.74) is 3.66. The van der Waals surface area contributed by atoms with Gasteiger partial charge in [0.15, 0.2) is 0 Å². The lowest BCUT2D eigenvalue weighted by atomic mass is 9.79. The molecule has 2 aromatic rings. The number of benzene rings is 1. The Morgan fingerprint density at radius 3 is 2.43 bits per heavy atom. The van der Waals surface area contributed by atoms with E-state index in [1.54, 1.807) is 0 Å². The van der Waals surface area contributed by atoms with Crippen molar-refractivity contribution in [1.29, 1.82) is 0 Å². The number of hydrogen-bond acceptors (Lipinski definition) is 4. The molecule has 0 amide bonds. The van der Waals surface area contributed by atoms with E-state index in [4.69, 9.17) is 9.97 Å². The molecule has 0 saturated heterocycles. The van der Waals surface area contributed by atoms with Crippen molar-refractivity contribution < 1.29 is 9.90 Å². The van der Waals surface area contributed by atoms with Crippen molar-refractivity contribution in [2.24, 2.45) is 5.92 Å². The maximum absolute atomic E-state index is 12.0. The summed E-state index contributed by atoms with van der Waals surface area (Å²) in [6.45, 7) is 0. The van der Waals surface area contributed by atoms with E-state index in [1.807, 2.05) is 24.3 Å². The van der Waals surface area contributed by atoms with Crippen LogP contribution in [0.5, 0.6) is 0 Å². The van der Waals surface area contributed by atoms with E-state index >= 15 is 0 Å². The van der Waals surface area contributed by atoms with Crippen LogP contribution in [0.15, 0.2) is 24.3 Å². The minimum Gasteiger partial charge on any atom is -0.481 e. The highest BCUT2D eigenvalue weighted by atomic mass is 16.4. The largest absolute Gasteiger partial charge is 0.481 e. The molecule has 0 unspecified atom stereocenters. The van der Waals surface area contributed by atoms with Gasteiger partial charge in [-0.3, -0.25) is 4.79 Å². The number of fused-ring (bicyclic) bond motifs is 1. The van der Waals surface area contributed by atoms with Crippen molar-refractivity contribution >= 4 is 17.5 Å². The van der Waals surface area contributed by atoms with Gasteiger partial charge in [-0.1, -0.05) is 50.7 Å². The van der Waals surface area contributed by atoms with E-state index in [9.17, 15) is 9.90 Å². The zero-order valence-electron chi connectivity index (χ0n) is 17.6. The summed E-state index contributed by atoms with van der Waals surface area (Å²) in [6.07, 6.45) is 12.9. The second-order valence-electron chi connectivity index (χ2n) is 9.42. The predicted molar refractivity (Wildman–Crippen MR) is 117 cm³/mol. The molecule has 2 N–H and O–H groups in total. The van der Waals surface area contributed by atoms with Crippen molar-refractivity contribution in [3.05, 3.63) is 46.9 Å². The first kappa shape index (κ1) is 19.5. The molecule has 0 bridgehead atoms. The zero-order chi connectivity index (χ0) is 20.6. The average molecular weight is 406 g/mol. The molecule has 3 aliphatic rings. The summed E-state index contributed by atoms with van der Waals surface area (Å²) >= 11 is 0. The zero-order valence-corrected chi connectivity index (χ0v) is 17.6. The average Bonchev–Trinajstić information content (AvgIpc) is 3.50. The Balaban J connectivity index is 1.39. The van der Waals surface area contributed by atoms with Gasteiger partial charge in [-0.15, -0.1) is 0 Å². The van der Waals surface area contributed by atoms with Gasteiger partial charge in [0.2, 0.25) is 0 Å². The first-order valence-corrected chi connectivity index (χ1v) is 11.6. The molecule has 1 heterocycles. The maximum atomic E-state index is 12.0. The van der Waals surface area contributed by atoms with Crippen molar-refractivity contribution in [3.8, 4) is 0 Å². The third kappa shape index (κ3) is 3.59. The fraction of sp³-hybridized carbons (Fsp3) is 0.560. The Labute approximate surface area is 178 Å². The van der Waals surface area contributed by atoms with Gasteiger partial charge in [-0.25, -0.2) is 9.97 Å². The summed E-state index contributed by atoms with van der Waals surface area (Å²) in [4.78, 5) is 21.8. The minimum absolute atomic E-state index is 0.689. The molecule has 2 saturated carbocycles. The number of aryl methyl sites for hydroxylation is 1. The molecule has 0 radical (unpaired) electrons. The van der Waals surface area contributed by atoms with Gasteiger partial charge in [0.05, 0.1) is 5.41 Å². The smallest absolute Gasteiger partial charge is 0.314 e. The van der Waals surface area contributed by atoms with Crippen LogP contribution in [0, 0.1) is 5.92 Å². The minimum atomic E-state index is -0.705. The number of anilines is 2. The number of nitrogens with zero attached hydrogens (tertiary/aromatic N) is 2. The number of nitrogens with one attached hydrogen (secondary N) is 1. The Kier molecular flexibility index (Phi) is 5.21. The number of aliphatic carboxylic acids is 1. The van der Waals surface area contributed by atoms with Crippen molar-refractivity contribution in [2.75, 3.05) is 5.32 Å². The van der Waals surface area contributed by atoms with Gasteiger partial charge < -0.3 is 10.4 Å². The molecule has 158 valence electrons. The monoisotopic (exact) mass is 405 g/mol. The predicted octanol–water partition coefficient (Wildman–Crippen LogP) is 5.34. The van der Waals surface area contributed by atoms with Crippen molar-refractivity contribution in [1.82, 2.24) is 9.97 Å². The number of hydrogen-bond donors (Lipinski definition) is 2. The molecular weight excluding hydrogens is 374 g/mol. The van der Waals surface area contributed by atoms with Crippen molar-refractivity contribution in [3.63, 3.8) is 0 Å². The van der Waals surface area contributed by atoms with E-state index in [0.29, 0.717) is 0 Å². The summed E-state index contributed by atoms with van der Waals surface area (Å²) in [7, 11) is 0. The van der Waals surface area contributed by atoms with Gasteiger partial charge >= 0.3 is 5.97 Å². The lowest BCUT2D eigenvalue weighted by Crippen LogP contribution is -2.32. The fourth-order valence-corrected chi connectivity index (χ4v) is 5.76. The Morgan fingerprint density at radius 1 is 1.00 bits per heavy atom. The van der Waals surface area contributed by atoms with Crippen LogP contribution in [0.3, 0.4) is 0 Å². The molecule has 1 aromatic heterocycles. The second-order valence-corrected chi connectivity index (χ2v) is 9.42. The third-order valence-corrected chi connectivity index (χ3v) is 7.49. The molecule has 1 aromatic carbocycles. The SMILES string of the molecule is O=C(O)C1(c2ccc(Nc3nc(CC4CCCC4)nc4c3CCC4)cc2)CCCC1. The van der Waals surface area contributed by atoms with E-state index in [-0.39, 0.29) is 0 Å². The number of carboxylic acid groups (broad SMARTS) is 1. The molecule has 0 spiro atoms. The third-order valence-electron chi connectivity index (χ3n) is 7.49. The summed E-state index contributed by atoms with van der Waals surface area (Å²) in [5.74, 6) is 1.98. The first-order valence-electron chi connectivity index (χ1n) is 11.6. The van der Waals surface area contributed by atoms with Crippen LogP contribution in [-0.2, 0) is 29.5 Å². The van der Waals surface area contributed by atoms with Gasteiger partial charge in [-0.05, 0) is 55.7 Å². The van der Waals surface area contributed by atoms with E-state index < -0.39 is 11.4 Å². The molecule has 2 fully saturated rings. The lowest BCUT2D eigenvalue weighted by Gasteiger charge is -2.24. The molecule has 0 atom stereocenters. The summed E-state index contributed by atoms with van der Waals surface area (Å²) < 4.78 is 0. The van der Waals surface area contributed by atoms with Gasteiger partial charge in [-0.2, -0.15) is 0 Å². The van der Waals surface area contributed by atoms with Gasteiger partial charge in [0.25, 0.3) is 0 Å². The molecule has 3 aliphatic carbocycles. The van der Waals surface area contributed by atoms with Crippen LogP contribution in [0.1, 0.15) is 80.4 Å². The standard InChI is InChI=1S/C25H31N3O2/c29-24(30)25(14-3-4-15-25)18-10-12-19(13-11-18)26-23-20-8-5-9-21(20)27-22(28-23)16-17-6-1-2-7-17/h10-13,17H,1-9,14-16H2,(H,29,30)(H,26,27,28). The van der Waals surface area contributed by atoms with E-state index in [0.717, 1.165) is 80.2 Å². The first-order chi connectivity index (χ1) is 14.6. The van der Waals surface area contributed by atoms with E-state index in [1.165, 1.54) is 36.9 Å². The Hall–Kier alpha value is -2.43. The Morgan fingerprint density at radius 2 is 1.73 bits per heavy atom. The summed E-state index contributed by atoms with van der Waals surface area (Å²) in [5, 5.41) is 13.4. The van der Waals surface area contributed by atoms with Crippen LogP contribution >= 0.6 is 0 Å². The van der Waals surface area contributed by atoms with Gasteiger partial charge in [0, 0.05) is 23.4 Å². The maximum Gasteiger partial charge on any atom is 0.314 e. The molecule has 0 aliphatic heterocycles. The van der Waals surface area contributed by atoms with E-state index in [2.05, 4.69) is 5.32 Å². The van der Waals surface area contributed by atoms with Crippen LogP contribution in [0.25, 0.3) is 0 Å². The van der Waals surface area contributed by atoms with Crippen LogP contribution in [0.4, 0.5) is 11.5 Å². The van der Waals surface area contributed by atoms with Crippen molar-refractivity contribution in [2.45, 2.75) is 82.5 Å². The van der Waals surface area contributed by atoms with Crippen LogP contribution in [0.2, 0.25) is 0 Å². The van der Waals surface area contributed by atoms with Gasteiger partial charge in [0.1, 0.15) is 11.6 Å². The topological polar surface area (TPSA) is 75.1 Å². The summed E-state index contributed by atoms with van der Waals surface area (Å²) in [6, 6.07) is 8.00. The quantitative estimate of drug-likeness (QED) is 0.679. The highest BCUT2D eigenvalue weighted by molar-refractivity contribution is 5.82. The van der Waals surface area contributed by atoms with Crippen LogP contribution in [-0.4, -0.2) is 21.0 Å². The molecule has 5 nitrogen and oxygen atoms in total. The highest BCUT2D eigenvalue weighted by Crippen LogP contribution is 2.42. The molecule has 5 rings (SSSR count). The number of carboxylic acids is 1.